The molecule has 0 spiro atoms. The molecule has 6 heteroatoms. The van der Waals surface area contributed by atoms with Crippen molar-refractivity contribution < 1.29 is 18.8 Å². The molecule has 5 nitrogen and oxygen atoms in total. The first-order valence-corrected chi connectivity index (χ1v) is 5.80. The summed E-state index contributed by atoms with van der Waals surface area (Å²) in [5, 5.41) is 11.1. The van der Waals surface area contributed by atoms with Crippen LogP contribution >= 0.6 is 0 Å². The lowest BCUT2D eigenvalue weighted by molar-refractivity contribution is -0.386. The SMILES string of the molecule is COc1cccc(Oc2ccc(CF)cc2)c1[N+](=O)[O-]. The summed E-state index contributed by atoms with van der Waals surface area (Å²) in [6, 6.07) is 10.8. The summed E-state index contributed by atoms with van der Waals surface area (Å²) in [6.45, 7) is -0.570. The van der Waals surface area contributed by atoms with Gasteiger partial charge < -0.3 is 9.47 Å². The van der Waals surface area contributed by atoms with Crippen molar-refractivity contribution in [2.75, 3.05) is 7.11 Å². The number of nitro benzene ring substituents is 1. The lowest BCUT2D eigenvalue weighted by Gasteiger charge is -2.08. The van der Waals surface area contributed by atoms with Gasteiger partial charge in [-0.1, -0.05) is 18.2 Å². The molecule has 2 aromatic rings. The molecular formula is C14H12FNO4. The quantitative estimate of drug-likeness (QED) is 0.615. The van der Waals surface area contributed by atoms with Crippen LogP contribution in [0.15, 0.2) is 42.5 Å². The second-order valence-electron chi connectivity index (χ2n) is 3.94. The van der Waals surface area contributed by atoms with Gasteiger partial charge >= 0.3 is 5.69 Å². The highest BCUT2D eigenvalue weighted by atomic mass is 19.1. The number of nitro groups is 1. The van der Waals surface area contributed by atoms with E-state index in [0.29, 0.717) is 11.3 Å². The molecule has 0 saturated heterocycles. The predicted molar refractivity (Wildman–Crippen MR) is 71.0 cm³/mol. The van der Waals surface area contributed by atoms with Crippen molar-refractivity contribution >= 4 is 5.69 Å². The van der Waals surface area contributed by atoms with Gasteiger partial charge in [0.1, 0.15) is 12.4 Å². The number of benzene rings is 2. The molecule has 0 saturated carbocycles. The first-order valence-electron chi connectivity index (χ1n) is 5.80. The van der Waals surface area contributed by atoms with Gasteiger partial charge in [0.15, 0.2) is 0 Å². The smallest absolute Gasteiger partial charge is 0.352 e. The van der Waals surface area contributed by atoms with E-state index in [1.807, 2.05) is 0 Å². The average Bonchev–Trinajstić information content (AvgIpc) is 2.47. The molecule has 0 aliphatic heterocycles. The van der Waals surface area contributed by atoms with E-state index in [9.17, 15) is 14.5 Å². The normalized spacial score (nSPS) is 10.1. The standard InChI is InChI=1S/C14H12FNO4/c1-19-12-3-2-4-13(14(12)16(17)18)20-11-7-5-10(9-15)6-8-11/h2-8H,9H2,1H3. The molecule has 0 heterocycles. The maximum absolute atomic E-state index is 12.4. The molecule has 0 atom stereocenters. The van der Waals surface area contributed by atoms with E-state index in [2.05, 4.69) is 0 Å². The topological polar surface area (TPSA) is 61.6 Å². The van der Waals surface area contributed by atoms with Crippen LogP contribution in [0.25, 0.3) is 0 Å². The van der Waals surface area contributed by atoms with E-state index < -0.39 is 11.6 Å². The molecule has 0 unspecified atom stereocenters. The third-order valence-electron chi connectivity index (χ3n) is 2.67. The van der Waals surface area contributed by atoms with Gasteiger partial charge in [-0.2, -0.15) is 0 Å². The van der Waals surface area contributed by atoms with Gasteiger partial charge in [-0.25, -0.2) is 4.39 Å². The predicted octanol–water partition coefficient (Wildman–Crippen LogP) is 3.87. The largest absolute Gasteiger partial charge is 0.490 e. The zero-order valence-electron chi connectivity index (χ0n) is 10.7. The summed E-state index contributed by atoms with van der Waals surface area (Å²) in [7, 11) is 1.35. The molecule has 104 valence electrons. The number of methoxy groups -OCH3 is 1. The van der Waals surface area contributed by atoms with Crippen LogP contribution in [-0.4, -0.2) is 12.0 Å². The van der Waals surface area contributed by atoms with Crippen LogP contribution in [0.4, 0.5) is 10.1 Å². The third kappa shape index (κ3) is 2.85. The Labute approximate surface area is 114 Å². The van der Waals surface area contributed by atoms with Crippen LogP contribution in [0.1, 0.15) is 5.56 Å². The van der Waals surface area contributed by atoms with Crippen molar-refractivity contribution in [1.82, 2.24) is 0 Å². The van der Waals surface area contributed by atoms with Crippen LogP contribution in [-0.2, 0) is 6.67 Å². The fourth-order valence-electron chi connectivity index (χ4n) is 1.70. The van der Waals surface area contributed by atoms with E-state index in [1.54, 1.807) is 30.3 Å². The molecule has 0 aliphatic rings. The summed E-state index contributed by atoms with van der Waals surface area (Å²) < 4.78 is 22.8. The average molecular weight is 277 g/mol. The monoisotopic (exact) mass is 277 g/mol. The van der Waals surface area contributed by atoms with Crippen molar-refractivity contribution in [3.05, 3.63) is 58.1 Å². The van der Waals surface area contributed by atoms with Crippen LogP contribution in [0.5, 0.6) is 17.2 Å². The molecule has 0 amide bonds. The number of alkyl halides is 1. The van der Waals surface area contributed by atoms with Gasteiger partial charge in [0.25, 0.3) is 0 Å². The molecule has 0 radical (unpaired) electrons. The van der Waals surface area contributed by atoms with Crippen LogP contribution in [0.2, 0.25) is 0 Å². The number of hydrogen-bond donors (Lipinski definition) is 0. The van der Waals surface area contributed by atoms with Crippen LogP contribution in [0.3, 0.4) is 0 Å². The van der Waals surface area contributed by atoms with Crippen LogP contribution < -0.4 is 9.47 Å². The Morgan fingerprint density at radius 1 is 1.15 bits per heavy atom. The first kappa shape index (κ1) is 13.8. The Morgan fingerprint density at radius 2 is 1.80 bits per heavy atom. The zero-order chi connectivity index (χ0) is 14.5. The number of rotatable bonds is 5. The Balaban J connectivity index is 2.34. The van der Waals surface area contributed by atoms with E-state index in [1.165, 1.54) is 19.2 Å². The molecule has 20 heavy (non-hydrogen) atoms. The lowest BCUT2D eigenvalue weighted by Crippen LogP contribution is -1.97. The minimum Gasteiger partial charge on any atom is -0.490 e. The second kappa shape index (κ2) is 6.01. The van der Waals surface area contributed by atoms with Crippen molar-refractivity contribution in [2.24, 2.45) is 0 Å². The van der Waals surface area contributed by atoms with Crippen molar-refractivity contribution in [3.63, 3.8) is 0 Å². The van der Waals surface area contributed by atoms with Gasteiger partial charge in [-0.05, 0) is 29.8 Å². The first-order chi connectivity index (χ1) is 9.65. The molecule has 0 N–H and O–H groups in total. The highest BCUT2D eigenvalue weighted by molar-refractivity contribution is 5.58. The fourth-order valence-corrected chi connectivity index (χ4v) is 1.70. The number of hydrogen-bond acceptors (Lipinski definition) is 4. The molecule has 0 aromatic heterocycles. The van der Waals surface area contributed by atoms with Gasteiger partial charge in [-0.3, -0.25) is 10.1 Å². The highest BCUT2D eigenvalue weighted by Crippen LogP contribution is 2.38. The zero-order valence-corrected chi connectivity index (χ0v) is 10.7. The van der Waals surface area contributed by atoms with Gasteiger partial charge in [-0.15, -0.1) is 0 Å². The minimum absolute atomic E-state index is 0.0716. The Bertz CT molecular complexity index is 613. The van der Waals surface area contributed by atoms with E-state index in [0.717, 1.165) is 0 Å². The fraction of sp³-hybridized carbons (Fsp3) is 0.143. The van der Waals surface area contributed by atoms with Crippen molar-refractivity contribution in [2.45, 2.75) is 6.67 Å². The Hall–Kier alpha value is -2.63. The number of para-hydroxylation sites is 1. The van der Waals surface area contributed by atoms with Crippen molar-refractivity contribution in [3.8, 4) is 17.2 Å². The lowest BCUT2D eigenvalue weighted by atomic mass is 10.2. The Morgan fingerprint density at radius 3 is 2.35 bits per heavy atom. The molecule has 2 rings (SSSR count). The van der Waals surface area contributed by atoms with E-state index in [4.69, 9.17) is 9.47 Å². The molecule has 0 aliphatic carbocycles. The molecule has 0 fully saturated rings. The summed E-state index contributed by atoms with van der Waals surface area (Å²) in [5.41, 5.74) is 0.266. The van der Waals surface area contributed by atoms with Crippen molar-refractivity contribution in [1.29, 1.82) is 0 Å². The van der Waals surface area contributed by atoms with Gasteiger partial charge in [0.05, 0.1) is 12.0 Å². The van der Waals surface area contributed by atoms with Gasteiger partial charge in [0, 0.05) is 0 Å². The second-order valence-corrected chi connectivity index (χ2v) is 3.94. The molecule has 0 bridgehead atoms. The van der Waals surface area contributed by atoms with E-state index >= 15 is 0 Å². The van der Waals surface area contributed by atoms with E-state index in [-0.39, 0.29) is 17.2 Å². The number of halogens is 1. The van der Waals surface area contributed by atoms with Crippen LogP contribution in [0, 0.1) is 10.1 Å². The third-order valence-corrected chi connectivity index (χ3v) is 2.67. The minimum atomic E-state index is -0.570. The highest BCUT2D eigenvalue weighted by Gasteiger charge is 2.22. The molecular weight excluding hydrogens is 265 g/mol. The number of nitrogens with zero attached hydrogens (tertiary/aromatic N) is 1. The number of ether oxygens (including phenoxy) is 2. The maximum Gasteiger partial charge on any atom is 0.352 e. The maximum atomic E-state index is 12.4. The molecule has 2 aromatic carbocycles. The summed E-state index contributed by atoms with van der Waals surface area (Å²) in [4.78, 5) is 10.5. The van der Waals surface area contributed by atoms with Gasteiger partial charge in [0.2, 0.25) is 11.5 Å². The summed E-state index contributed by atoms with van der Waals surface area (Å²) in [5.74, 6) is 0.578. The Kier molecular flexibility index (Phi) is 4.14. The summed E-state index contributed by atoms with van der Waals surface area (Å²) >= 11 is 0. The summed E-state index contributed by atoms with van der Waals surface area (Å²) in [6.07, 6.45) is 0.